The number of hydrogen-bond acceptors (Lipinski definition) is 5. The highest BCUT2D eigenvalue weighted by Gasteiger charge is 2.38. The predicted octanol–water partition coefficient (Wildman–Crippen LogP) is 1.98. The lowest BCUT2D eigenvalue weighted by atomic mass is 9.94. The Balaban J connectivity index is 2.12. The van der Waals surface area contributed by atoms with Gasteiger partial charge < -0.3 is 14.9 Å². The van der Waals surface area contributed by atoms with E-state index in [-0.39, 0.29) is 17.1 Å². The van der Waals surface area contributed by atoms with Gasteiger partial charge in [0.2, 0.25) is 11.6 Å². The van der Waals surface area contributed by atoms with E-state index in [1.807, 2.05) is 0 Å². The number of fused-ring (bicyclic) bond motifs is 1. The molecule has 2 aromatic rings. The fourth-order valence-electron chi connectivity index (χ4n) is 2.18. The smallest absolute Gasteiger partial charge is 0.248 e. The van der Waals surface area contributed by atoms with E-state index < -0.39 is 23.4 Å². The van der Waals surface area contributed by atoms with Crippen LogP contribution in [0.25, 0.3) is 0 Å². The van der Waals surface area contributed by atoms with E-state index >= 15 is 0 Å². The van der Waals surface area contributed by atoms with Gasteiger partial charge >= 0.3 is 0 Å². The molecule has 20 heavy (non-hydrogen) atoms. The first-order valence-electron chi connectivity index (χ1n) is 5.94. The lowest BCUT2D eigenvalue weighted by molar-refractivity contribution is -0.122. The molecule has 0 aliphatic carbocycles. The number of carbonyl (C=O) groups is 2. The molecule has 2 aromatic carbocycles. The average Bonchev–Trinajstić information content (AvgIpc) is 2.43. The third kappa shape index (κ3) is 1.80. The van der Waals surface area contributed by atoms with Gasteiger partial charge in [-0.1, -0.05) is 30.3 Å². The average molecular weight is 270 g/mol. The number of Topliss-reactive ketones (excluding diaryl/α,β-unsaturated/α-hetero) is 2. The Morgan fingerprint density at radius 1 is 1.00 bits per heavy atom. The standard InChI is InChI=1S/C15H10O5/c16-9-6-10(17)12-11(7-9)20-15(14(19)13(12)18)8-4-2-1-3-5-8/h1-7,15-17H/t15-/m0/s1. The van der Waals surface area contributed by atoms with E-state index in [1.54, 1.807) is 30.3 Å². The number of phenolic OH excluding ortho intramolecular Hbond substituents is 2. The van der Waals surface area contributed by atoms with Crippen molar-refractivity contribution in [3.05, 3.63) is 53.6 Å². The van der Waals surface area contributed by atoms with Crippen molar-refractivity contribution >= 4 is 11.6 Å². The summed E-state index contributed by atoms with van der Waals surface area (Å²) in [6.07, 6.45) is -1.06. The maximum absolute atomic E-state index is 12.1. The molecule has 3 rings (SSSR count). The molecule has 2 N–H and O–H groups in total. The third-order valence-corrected chi connectivity index (χ3v) is 3.10. The fraction of sp³-hybridized carbons (Fsp3) is 0.0667. The molecule has 1 atom stereocenters. The topological polar surface area (TPSA) is 83.8 Å². The van der Waals surface area contributed by atoms with Crippen molar-refractivity contribution in [2.45, 2.75) is 6.10 Å². The highest BCUT2D eigenvalue weighted by atomic mass is 16.5. The van der Waals surface area contributed by atoms with Crippen molar-refractivity contribution < 1.29 is 24.5 Å². The van der Waals surface area contributed by atoms with E-state index in [9.17, 15) is 19.8 Å². The zero-order chi connectivity index (χ0) is 14.3. The summed E-state index contributed by atoms with van der Waals surface area (Å²) < 4.78 is 5.47. The molecular weight excluding hydrogens is 260 g/mol. The molecule has 1 aliphatic rings. The first-order valence-corrected chi connectivity index (χ1v) is 5.94. The van der Waals surface area contributed by atoms with Gasteiger partial charge in [0.05, 0.1) is 0 Å². The minimum absolute atomic E-state index is 0.000882. The summed E-state index contributed by atoms with van der Waals surface area (Å²) in [5, 5.41) is 19.1. The van der Waals surface area contributed by atoms with Crippen molar-refractivity contribution in [1.82, 2.24) is 0 Å². The number of hydrogen-bond donors (Lipinski definition) is 2. The number of aromatic hydroxyl groups is 2. The first kappa shape index (κ1) is 12.2. The number of ketones is 2. The Hall–Kier alpha value is -2.82. The largest absolute Gasteiger partial charge is 0.508 e. The Morgan fingerprint density at radius 3 is 2.40 bits per heavy atom. The molecule has 0 saturated heterocycles. The van der Waals surface area contributed by atoms with Crippen molar-refractivity contribution in [3.8, 4) is 17.2 Å². The van der Waals surface area contributed by atoms with Gasteiger partial charge in [-0.05, 0) is 0 Å². The van der Waals surface area contributed by atoms with E-state index in [0.29, 0.717) is 5.56 Å². The third-order valence-electron chi connectivity index (χ3n) is 3.10. The van der Waals surface area contributed by atoms with Crippen LogP contribution in [0, 0.1) is 0 Å². The van der Waals surface area contributed by atoms with Crippen LogP contribution in [-0.2, 0) is 4.79 Å². The minimum atomic E-state index is -1.06. The van der Waals surface area contributed by atoms with E-state index in [2.05, 4.69) is 0 Å². The number of ether oxygens (including phenoxy) is 1. The molecule has 100 valence electrons. The van der Waals surface area contributed by atoms with Crippen LogP contribution in [0.5, 0.6) is 17.2 Å². The second kappa shape index (κ2) is 4.38. The van der Waals surface area contributed by atoms with Crippen LogP contribution < -0.4 is 4.74 Å². The predicted molar refractivity (Wildman–Crippen MR) is 68.9 cm³/mol. The maximum atomic E-state index is 12.1. The van der Waals surface area contributed by atoms with Crippen molar-refractivity contribution in [3.63, 3.8) is 0 Å². The van der Waals surface area contributed by atoms with Crippen molar-refractivity contribution in [2.75, 3.05) is 0 Å². The quantitative estimate of drug-likeness (QED) is 0.774. The summed E-state index contributed by atoms with van der Waals surface area (Å²) >= 11 is 0. The van der Waals surface area contributed by atoms with Gasteiger partial charge in [0.25, 0.3) is 0 Å². The first-order chi connectivity index (χ1) is 9.58. The Labute approximate surface area is 114 Å². The number of benzene rings is 2. The summed E-state index contributed by atoms with van der Waals surface area (Å²) in [5.74, 6) is -2.27. The van der Waals surface area contributed by atoms with Crippen LogP contribution in [-0.4, -0.2) is 21.8 Å². The molecule has 0 saturated carbocycles. The van der Waals surface area contributed by atoms with E-state index in [0.717, 1.165) is 6.07 Å². The molecule has 0 radical (unpaired) electrons. The van der Waals surface area contributed by atoms with Crippen LogP contribution in [0.1, 0.15) is 22.0 Å². The molecule has 0 aromatic heterocycles. The van der Waals surface area contributed by atoms with Crippen molar-refractivity contribution in [1.29, 1.82) is 0 Å². The fourth-order valence-corrected chi connectivity index (χ4v) is 2.18. The van der Waals surface area contributed by atoms with Gasteiger partial charge in [0.1, 0.15) is 22.8 Å². The van der Waals surface area contributed by atoms with Gasteiger partial charge in [-0.25, -0.2) is 0 Å². The Bertz CT molecular complexity index is 706. The van der Waals surface area contributed by atoms with Crippen LogP contribution in [0.15, 0.2) is 42.5 Å². The van der Waals surface area contributed by atoms with Gasteiger partial charge in [-0.15, -0.1) is 0 Å². The Morgan fingerprint density at radius 2 is 1.70 bits per heavy atom. The van der Waals surface area contributed by atoms with Gasteiger partial charge in [-0.2, -0.15) is 0 Å². The molecule has 0 unspecified atom stereocenters. The lowest BCUT2D eigenvalue weighted by Gasteiger charge is -2.24. The highest BCUT2D eigenvalue weighted by Crippen LogP contribution is 2.40. The normalized spacial score (nSPS) is 17.5. The lowest BCUT2D eigenvalue weighted by Crippen LogP contribution is -2.31. The maximum Gasteiger partial charge on any atom is 0.248 e. The SMILES string of the molecule is O=C1C(=O)[C@H](c2ccccc2)Oc2cc(O)cc(O)c21. The van der Waals surface area contributed by atoms with Crippen molar-refractivity contribution in [2.24, 2.45) is 0 Å². The second-order valence-electron chi connectivity index (χ2n) is 4.44. The second-order valence-corrected chi connectivity index (χ2v) is 4.44. The molecule has 0 spiro atoms. The molecule has 5 heteroatoms. The summed E-state index contributed by atoms with van der Waals surface area (Å²) in [6.45, 7) is 0. The Kier molecular flexibility index (Phi) is 2.68. The number of phenols is 2. The molecular formula is C15H10O5. The van der Waals surface area contributed by atoms with Gasteiger partial charge in [0.15, 0.2) is 6.10 Å². The van der Waals surface area contributed by atoms with E-state index in [1.165, 1.54) is 6.07 Å². The molecule has 0 fully saturated rings. The molecule has 1 heterocycles. The van der Waals surface area contributed by atoms with Crippen LogP contribution in [0.4, 0.5) is 0 Å². The molecule has 0 bridgehead atoms. The number of carbonyl (C=O) groups excluding carboxylic acids is 2. The minimum Gasteiger partial charge on any atom is -0.508 e. The summed E-state index contributed by atoms with van der Waals surface area (Å²) in [7, 11) is 0. The van der Waals surface area contributed by atoms with Crippen LogP contribution in [0.2, 0.25) is 0 Å². The van der Waals surface area contributed by atoms with Gasteiger partial charge in [-0.3, -0.25) is 9.59 Å². The summed E-state index contributed by atoms with van der Waals surface area (Å²) in [6, 6.07) is 10.8. The van der Waals surface area contributed by atoms with Crippen LogP contribution >= 0.6 is 0 Å². The van der Waals surface area contributed by atoms with E-state index in [4.69, 9.17) is 4.74 Å². The monoisotopic (exact) mass is 270 g/mol. The van der Waals surface area contributed by atoms with Crippen LogP contribution in [0.3, 0.4) is 0 Å². The summed E-state index contributed by atoms with van der Waals surface area (Å²) in [5.41, 5.74) is 0.333. The number of rotatable bonds is 1. The zero-order valence-electron chi connectivity index (χ0n) is 10.2. The highest BCUT2D eigenvalue weighted by molar-refractivity contribution is 6.47. The molecule has 1 aliphatic heterocycles. The molecule has 0 amide bonds. The summed E-state index contributed by atoms with van der Waals surface area (Å²) in [4.78, 5) is 24.1. The molecule has 5 nitrogen and oxygen atoms in total. The van der Waals surface area contributed by atoms with Gasteiger partial charge in [0, 0.05) is 17.7 Å². The zero-order valence-corrected chi connectivity index (χ0v) is 10.2.